The minimum atomic E-state index is -0.467. The van der Waals surface area contributed by atoms with E-state index in [-0.39, 0.29) is 17.3 Å². The first-order valence-electron chi connectivity index (χ1n) is 13.6. The lowest BCUT2D eigenvalue weighted by Crippen LogP contribution is -2.44. The first-order valence-corrected chi connectivity index (χ1v) is 14.3. The molecule has 0 aliphatic carbocycles. The second kappa shape index (κ2) is 11.0. The smallest absolute Gasteiger partial charge is 0.410 e. The Morgan fingerprint density at radius 3 is 2.33 bits per heavy atom. The maximum Gasteiger partial charge on any atom is 0.410 e. The van der Waals surface area contributed by atoms with Crippen LogP contribution in [-0.4, -0.2) is 70.6 Å². The van der Waals surface area contributed by atoms with Gasteiger partial charge in [0.25, 0.3) is 5.91 Å². The molecule has 2 fully saturated rings. The Labute approximate surface area is 239 Å². The molecule has 210 valence electrons. The Balaban J connectivity index is 1.24. The second-order valence-electron chi connectivity index (χ2n) is 11.7. The molecule has 4 heterocycles. The van der Waals surface area contributed by atoms with E-state index in [2.05, 4.69) is 26.3 Å². The molecule has 1 aromatic heterocycles. The van der Waals surface area contributed by atoms with Crippen LogP contribution in [0.4, 0.5) is 22.0 Å². The average Bonchev–Trinajstić information content (AvgIpc) is 3.20. The number of carbonyl (C=O) groups excluding carboxylic acids is 2. The summed E-state index contributed by atoms with van der Waals surface area (Å²) in [7, 11) is 1.82. The van der Waals surface area contributed by atoms with Crippen molar-refractivity contribution in [2.75, 3.05) is 43.4 Å². The lowest BCUT2D eigenvalue weighted by molar-refractivity contribution is 0.0152. The van der Waals surface area contributed by atoms with E-state index < -0.39 is 5.60 Å². The summed E-state index contributed by atoms with van der Waals surface area (Å²) >= 11 is 12.2. The van der Waals surface area contributed by atoms with E-state index in [1.54, 1.807) is 4.90 Å². The fourth-order valence-electron chi connectivity index (χ4n) is 5.99. The van der Waals surface area contributed by atoms with Crippen molar-refractivity contribution in [3.05, 3.63) is 39.8 Å². The van der Waals surface area contributed by atoms with Gasteiger partial charge in [-0.05, 0) is 82.0 Å². The zero-order valence-electron chi connectivity index (χ0n) is 23.0. The number of nitrogens with one attached hydrogen (secondary N) is 1. The second-order valence-corrected chi connectivity index (χ2v) is 12.5. The van der Waals surface area contributed by atoms with Crippen molar-refractivity contribution in [1.82, 2.24) is 19.8 Å². The van der Waals surface area contributed by atoms with Crippen LogP contribution in [0.5, 0.6) is 0 Å². The molecule has 0 radical (unpaired) electrons. The van der Waals surface area contributed by atoms with Crippen LogP contribution in [-0.2, 0) is 11.3 Å². The molecule has 2 aromatic rings. The molecule has 1 aromatic carbocycles. The van der Waals surface area contributed by atoms with Gasteiger partial charge in [-0.25, -0.2) is 9.78 Å². The standard InChI is InChI=1S/C28H36Cl2N6O3/c1-28(2,3)39-27(38)36-13-9-18(10-14-36)17-7-11-35(12-8-17)22-6-5-21(23-19(22)16-34(4)25(23)37)32-24-20(29)15-31-26(30)33-24/h5-6,15,17-18H,7-14,16H2,1-4H3,(H,31,32,33). The molecule has 0 bridgehead atoms. The van der Waals surface area contributed by atoms with Gasteiger partial charge in [-0.15, -0.1) is 0 Å². The Kier molecular flexibility index (Phi) is 7.84. The van der Waals surface area contributed by atoms with Crippen LogP contribution in [0.1, 0.15) is 62.4 Å². The van der Waals surface area contributed by atoms with Crippen molar-refractivity contribution in [2.24, 2.45) is 11.8 Å². The highest BCUT2D eigenvalue weighted by Crippen LogP contribution is 2.40. The molecule has 0 saturated carbocycles. The monoisotopic (exact) mass is 574 g/mol. The molecule has 5 rings (SSSR count). The van der Waals surface area contributed by atoms with Crippen LogP contribution < -0.4 is 10.2 Å². The Morgan fingerprint density at radius 1 is 1.05 bits per heavy atom. The summed E-state index contributed by atoms with van der Waals surface area (Å²) in [4.78, 5) is 39.7. The number of rotatable bonds is 4. The maximum atomic E-state index is 13.1. The highest BCUT2D eigenvalue weighted by molar-refractivity contribution is 6.33. The summed E-state index contributed by atoms with van der Waals surface area (Å²) < 4.78 is 5.56. The van der Waals surface area contributed by atoms with Crippen molar-refractivity contribution in [3.63, 3.8) is 0 Å². The molecule has 2 saturated heterocycles. The highest BCUT2D eigenvalue weighted by atomic mass is 35.5. The molecule has 0 spiro atoms. The van der Waals surface area contributed by atoms with Crippen molar-refractivity contribution >= 4 is 52.4 Å². The Hall–Kier alpha value is -2.78. The Morgan fingerprint density at radius 2 is 1.69 bits per heavy atom. The van der Waals surface area contributed by atoms with Crippen LogP contribution >= 0.6 is 23.2 Å². The third-order valence-corrected chi connectivity index (χ3v) is 8.41. The number of benzene rings is 1. The summed E-state index contributed by atoms with van der Waals surface area (Å²) in [5.41, 5.74) is 2.97. The predicted octanol–water partition coefficient (Wildman–Crippen LogP) is 5.98. The molecular weight excluding hydrogens is 539 g/mol. The van der Waals surface area contributed by atoms with Gasteiger partial charge < -0.3 is 24.8 Å². The van der Waals surface area contributed by atoms with Crippen molar-refractivity contribution in [2.45, 2.75) is 58.6 Å². The highest BCUT2D eigenvalue weighted by Gasteiger charge is 2.35. The molecule has 9 nitrogen and oxygen atoms in total. The van der Waals surface area contributed by atoms with Crippen LogP contribution in [0.15, 0.2) is 18.3 Å². The molecule has 39 heavy (non-hydrogen) atoms. The molecular formula is C28H36Cl2N6O3. The van der Waals surface area contributed by atoms with E-state index >= 15 is 0 Å². The number of carbonyl (C=O) groups is 2. The average molecular weight is 576 g/mol. The Bertz CT molecular complexity index is 1250. The number of ether oxygens (including phenoxy) is 1. The summed E-state index contributed by atoms with van der Waals surface area (Å²) in [5, 5.41) is 3.61. The number of hydrogen-bond donors (Lipinski definition) is 1. The number of anilines is 3. The molecule has 0 unspecified atom stereocenters. The number of piperidine rings is 2. The zero-order chi connectivity index (χ0) is 27.9. The first-order chi connectivity index (χ1) is 18.5. The number of fused-ring (bicyclic) bond motifs is 1. The third kappa shape index (κ3) is 6.04. The topological polar surface area (TPSA) is 90.9 Å². The predicted molar refractivity (Wildman–Crippen MR) is 153 cm³/mol. The third-order valence-electron chi connectivity index (χ3n) is 7.95. The van der Waals surface area contributed by atoms with Crippen LogP contribution in [0.25, 0.3) is 0 Å². The lowest BCUT2D eigenvalue weighted by atomic mass is 9.78. The number of hydrogen-bond acceptors (Lipinski definition) is 7. The van der Waals surface area contributed by atoms with Crippen molar-refractivity contribution < 1.29 is 14.3 Å². The molecule has 3 aliphatic heterocycles. The minimum Gasteiger partial charge on any atom is -0.444 e. The van der Waals surface area contributed by atoms with E-state index in [1.807, 2.05) is 38.8 Å². The van der Waals surface area contributed by atoms with Gasteiger partial charge >= 0.3 is 6.09 Å². The van der Waals surface area contributed by atoms with E-state index in [0.29, 0.717) is 40.5 Å². The van der Waals surface area contributed by atoms with Gasteiger partial charge in [-0.1, -0.05) is 11.6 Å². The molecule has 1 N–H and O–H groups in total. The number of halogens is 2. The number of nitrogens with zero attached hydrogens (tertiary/aromatic N) is 5. The summed E-state index contributed by atoms with van der Waals surface area (Å²) in [5.74, 6) is 1.61. The number of aromatic nitrogens is 2. The quantitative estimate of drug-likeness (QED) is 0.449. The van der Waals surface area contributed by atoms with Crippen molar-refractivity contribution in [3.8, 4) is 0 Å². The van der Waals surface area contributed by atoms with Gasteiger partial charge in [0.15, 0.2) is 5.82 Å². The fourth-order valence-corrected chi connectivity index (χ4v) is 6.27. The first kappa shape index (κ1) is 27.8. The van der Waals surface area contributed by atoms with Gasteiger partial charge in [-0.2, -0.15) is 4.98 Å². The number of amides is 2. The van der Waals surface area contributed by atoms with Crippen LogP contribution in [0, 0.1) is 11.8 Å². The number of likely N-dealkylation sites (tertiary alicyclic amines) is 1. The molecule has 11 heteroatoms. The van der Waals surface area contributed by atoms with Crippen LogP contribution in [0.2, 0.25) is 10.3 Å². The molecule has 2 amide bonds. The van der Waals surface area contributed by atoms with Gasteiger partial charge in [0, 0.05) is 51.0 Å². The van der Waals surface area contributed by atoms with E-state index in [4.69, 9.17) is 27.9 Å². The van der Waals surface area contributed by atoms with Crippen molar-refractivity contribution in [1.29, 1.82) is 0 Å². The van der Waals surface area contributed by atoms with Gasteiger partial charge in [0.05, 0.1) is 17.4 Å². The van der Waals surface area contributed by atoms with E-state index in [9.17, 15) is 9.59 Å². The van der Waals surface area contributed by atoms with Gasteiger partial charge in [0.1, 0.15) is 10.6 Å². The van der Waals surface area contributed by atoms with E-state index in [0.717, 1.165) is 63.1 Å². The normalized spacial score (nSPS) is 18.9. The summed E-state index contributed by atoms with van der Waals surface area (Å²) in [6.07, 6.45) is 5.48. The molecule has 0 atom stereocenters. The van der Waals surface area contributed by atoms with Gasteiger partial charge in [0.2, 0.25) is 5.28 Å². The van der Waals surface area contributed by atoms with Crippen LogP contribution in [0.3, 0.4) is 0 Å². The summed E-state index contributed by atoms with van der Waals surface area (Å²) in [6, 6.07) is 4.01. The van der Waals surface area contributed by atoms with Gasteiger partial charge in [-0.3, -0.25) is 4.79 Å². The lowest BCUT2D eigenvalue weighted by Gasteiger charge is -2.41. The minimum absolute atomic E-state index is 0.0303. The molecule has 3 aliphatic rings. The SMILES string of the molecule is CN1Cc2c(N3CCC(C4CCN(C(=O)OC(C)(C)C)CC4)CC3)ccc(Nc3nc(Cl)ncc3Cl)c2C1=O. The maximum absolute atomic E-state index is 13.1. The summed E-state index contributed by atoms with van der Waals surface area (Å²) in [6.45, 7) is 9.69. The fraction of sp³-hybridized carbons (Fsp3) is 0.571. The largest absolute Gasteiger partial charge is 0.444 e. The zero-order valence-corrected chi connectivity index (χ0v) is 24.5. The van der Waals surface area contributed by atoms with E-state index in [1.165, 1.54) is 6.20 Å².